The second-order valence-corrected chi connectivity index (χ2v) is 8.00. The van der Waals surface area contributed by atoms with Crippen molar-refractivity contribution in [3.05, 3.63) is 55.7 Å². The molecule has 3 rings (SSSR count). The fourth-order valence-corrected chi connectivity index (χ4v) is 5.10. The van der Waals surface area contributed by atoms with Crippen LogP contribution in [0.15, 0.2) is 34.8 Å². The second-order valence-electron chi connectivity index (χ2n) is 5.86. The van der Waals surface area contributed by atoms with E-state index in [2.05, 4.69) is 65.4 Å². The molecule has 2 aromatic rings. The van der Waals surface area contributed by atoms with Gasteiger partial charge in [-0.15, -0.1) is 11.3 Å². The minimum atomic E-state index is 0.485. The smallest absolute Gasteiger partial charge is 0.0447 e. The van der Waals surface area contributed by atoms with Gasteiger partial charge in [-0.2, -0.15) is 0 Å². The molecule has 0 spiro atoms. The van der Waals surface area contributed by atoms with Crippen LogP contribution in [0.1, 0.15) is 40.3 Å². The van der Waals surface area contributed by atoms with Gasteiger partial charge in [0.2, 0.25) is 0 Å². The first-order valence-corrected chi connectivity index (χ1v) is 9.36. The summed E-state index contributed by atoms with van der Waals surface area (Å²) in [6.07, 6.45) is 3.69. The molecule has 0 bridgehead atoms. The molecule has 1 heterocycles. The summed E-state index contributed by atoms with van der Waals surface area (Å²) in [6.45, 7) is 5.42. The lowest BCUT2D eigenvalue weighted by atomic mass is 9.79. The van der Waals surface area contributed by atoms with E-state index in [9.17, 15) is 0 Å². The Morgan fingerprint density at radius 1 is 1.33 bits per heavy atom. The van der Waals surface area contributed by atoms with Crippen molar-refractivity contribution in [2.75, 3.05) is 6.54 Å². The van der Waals surface area contributed by atoms with Gasteiger partial charge in [0.1, 0.15) is 0 Å². The molecule has 1 N–H and O–H groups in total. The number of benzene rings is 1. The Bertz CT molecular complexity index is 600. The summed E-state index contributed by atoms with van der Waals surface area (Å²) in [4.78, 5) is 2.86. The molecule has 0 radical (unpaired) electrons. The maximum Gasteiger partial charge on any atom is 0.0447 e. The maximum absolute atomic E-state index is 3.73. The van der Waals surface area contributed by atoms with E-state index in [4.69, 9.17) is 0 Å². The average molecular weight is 364 g/mol. The van der Waals surface area contributed by atoms with Gasteiger partial charge in [0.15, 0.2) is 0 Å². The van der Waals surface area contributed by atoms with Crippen LogP contribution in [-0.4, -0.2) is 6.54 Å². The molecule has 3 heteroatoms. The van der Waals surface area contributed by atoms with Gasteiger partial charge in [0, 0.05) is 20.3 Å². The van der Waals surface area contributed by atoms with Crippen LogP contribution in [0.5, 0.6) is 0 Å². The van der Waals surface area contributed by atoms with Gasteiger partial charge in [-0.25, -0.2) is 0 Å². The topological polar surface area (TPSA) is 12.0 Å². The molecule has 112 valence electrons. The van der Waals surface area contributed by atoms with Crippen molar-refractivity contribution in [1.29, 1.82) is 0 Å². The number of hydrogen-bond acceptors (Lipinski definition) is 2. The Balaban J connectivity index is 1.85. The van der Waals surface area contributed by atoms with Crippen LogP contribution in [-0.2, 0) is 12.8 Å². The van der Waals surface area contributed by atoms with Crippen LogP contribution >= 0.6 is 27.3 Å². The summed E-state index contributed by atoms with van der Waals surface area (Å²) in [5, 5.41) is 3.73. The zero-order chi connectivity index (χ0) is 14.8. The van der Waals surface area contributed by atoms with Crippen molar-refractivity contribution in [3.63, 3.8) is 0 Å². The van der Waals surface area contributed by atoms with E-state index in [0.717, 1.165) is 6.54 Å². The Morgan fingerprint density at radius 3 is 2.76 bits per heavy atom. The van der Waals surface area contributed by atoms with Crippen LogP contribution in [0, 0.1) is 12.8 Å². The van der Waals surface area contributed by atoms with E-state index in [1.54, 1.807) is 11.1 Å². The predicted molar refractivity (Wildman–Crippen MR) is 95.1 cm³/mol. The van der Waals surface area contributed by atoms with Crippen molar-refractivity contribution in [2.24, 2.45) is 5.92 Å². The third-order valence-electron chi connectivity index (χ3n) is 4.46. The number of hydrogen-bond donors (Lipinski definition) is 1. The Kier molecular flexibility index (Phi) is 4.82. The summed E-state index contributed by atoms with van der Waals surface area (Å²) < 4.78 is 1.25. The Hall–Kier alpha value is -0.640. The highest BCUT2D eigenvalue weighted by Gasteiger charge is 2.28. The van der Waals surface area contributed by atoms with Crippen LogP contribution in [0.4, 0.5) is 0 Å². The zero-order valence-corrected chi connectivity index (χ0v) is 15.1. The highest BCUT2D eigenvalue weighted by atomic mass is 79.9. The number of nitrogens with one attached hydrogen (secondary N) is 1. The number of aryl methyl sites for hydroxylation is 2. The van der Waals surface area contributed by atoms with Crippen molar-refractivity contribution in [3.8, 4) is 0 Å². The Labute approximate surface area is 139 Å². The molecule has 1 aliphatic rings. The molecule has 0 fully saturated rings. The third kappa shape index (κ3) is 3.25. The van der Waals surface area contributed by atoms with E-state index >= 15 is 0 Å². The molecule has 1 nitrogen and oxygen atoms in total. The first-order chi connectivity index (χ1) is 10.2. The quantitative estimate of drug-likeness (QED) is 0.779. The highest BCUT2D eigenvalue weighted by Crippen LogP contribution is 2.39. The molecule has 1 aliphatic carbocycles. The predicted octanol–water partition coefficient (Wildman–Crippen LogP) is 5.27. The monoisotopic (exact) mass is 363 g/mol. The maximum atomic E-state index is 3.73. The number of thiophene rings is 1. The van der Waals surface area contributed by atoms with Gasteiger partial charge < -0.3 is 5.32 Å². The van der Waals surface area contributed by atoms with Crippen molar-refractivity contribution >= 4 is 27.3 Å². The average Bonchev–Trinajstić information content (AvgIpc) is 2.83. The lowest BCUT2D eigenvalue weighted by Crippen LogP contribution is -2.31. The fourth-order valence-electron chi connectivity index (χ4n) is 3.36. The van der Waals surface area contributed by atoms with Crippen molar-refractivity contribution in [2.45, 2.75) is 39.2 Å². The lowest BCUT2D eigenvalue weighted by molar-refractivity contribution is 0.334. The van der Waals surface area contributed by atoms with Gasteiger partial charge in [0.25, 0.3) is 0 Å². The van der Waals surface area contributed by atoms with E-state index in [1.807, 2.05) is 11.3 Å². The molecule has 0 saturated carbocycles. The van der Waals surface area contributed by atoms with Gasteiger partial charge in [0.05, 0.1) is 0 Å². The van der Waals surface area contributed by atoms with E-state index in [-0.39, 0.29) is 0 Å². The van der Waals surface area contributed by atoms with E-state index in [1.165, 1.54) is 33.5 Å². The van der Waals surface area contributed by atoms with E-state index in [0.29, 0.717) is 12.0 Å². The van der Waals surface area contributed by atoms with Crippen LogP contribution in [0.25, 0.3) is 0 Å². The molecule has 0 saturated heterocycles. The molecule has 0 aliphatic heterocycles. The summed E-state index contributed by atoms with van der Waals surface area (Å²) in [5.74, 6) is 0.699. The first kappa shape index (κ1) is 15.3. The van der Waals surface area contributed by atoms with Crippen LogP contribution in [0.3, 0.4) is 0 Å². The van der Waals surface area contributed by atoms with Gasteiger partial charge in [-0.3, -0.25) is 0 Å². The Morgan fingerprint density at radius 2 is 2.10 bits per heavy atom. The lowest BCUT2D eigenvalue weighted by Gasteiger charge is -2.31. The summed E-state index contributed by atoms with van der Waals surface area (Å²) >= 11 is 5.60. The number of fused-ring (bicyclic) bond motifs is 1. The fraction of sp³-hybridized carbons (Fsp3) is 0.444. The third-order valence-corrected chi connectivity index (χ3v) is 6.68. The van der Waals surface area contributed by atoms with Crippen LogP contribution in [0.2, 0.25) is 0 Å². The van der Waals surface area contributed by atoms with Crippen molar-refractivity contribution < 1.29 is 0 Å². The molecular formula is C18H22BrNS. The normalized spacial score (nSPS) is 19.3. The molecule has 1 aromatic heterocycles. The minimum absolute atomic E-state index is 0.485. The summed E-state index contributed by atoms with van der Waals surface area (Å²) in [5.41, 5.74) is 3.09. The molecule has 0 amide bonds. The van der Waals surface area contributed by atoms with Crippen molar-refractivity contribution in [1.82, 2.24) is 5.32 Å². The standard InChI is InChI=1S/C18H22BrNS/c1-3-20-18(17-11-16(19)12(2)21-17)15-9-8-13-6-4-5-7-14(13)10-15/h4-7,11,15,18,20H,3,8-10H2,1-2H3. The minimum Gasteiger partial charge on any atom is -0.309 e. The molecule has 21 heavy (non-hydrogen) atoms. The summed E-state index contributed by atoms with van der Waals surface area (Å²) in [7, 11) is 0. The van der Waals surface area contributed by atoms with Gasteiger partial charge >= 0.3 is 0 Å². The van der Waals surface area contributed by atoms with E-state index < -0.39 is 0 Å². The van der Waals surface area contributed by atoms with Gasteiger partial charge in [-0.1, -0.05) is 31.2 Å². The zero-order valence-electron chi connectivity index (χ0n) is 12.7. The molecule has 1 aromatic carbocycles. The molecule has 2 atom stereocenters. The number of rotatable bonds is 4. The highest BCUT2D eigenvalue weighted by molar-refractivity contribution is 9.10. The SMILES string of the molecule is CCNC(c1cc(Br)c(C)s1)C1CCc2ccccc2C1. The largest absolute Gasteiger partial charge is 0.309 e. The molecule has 2 unspecified atom stereocenters. The number of halogens is 1. The van der Waals surface area contributed by atoms with Crippen LogP contribution < -0.4 is 5.32 Å². The second kappa shape index (κ2) is 6.64. The first-order valence-electron chi connectivity index (χ1n) is 7.75. The summed E-state index contributed by atoms with van der Waals surface area (Å²) in [6, 6.07) is 11.7. The van der Waals surface area contributed by atoms with Gasteiger partial charge in [-0.05, 0) is 71.8 Å². The molecular weight excluding hydrogens is 342 g/mol.